The van der Waals surface area contributed by atoms with Gasteiger partial charge in [-0.05, 0) is 31.2 Å². The fraction of sp³-hybridized carbons (Fsp3) is 0.750. The maximum absolute atomic E-state index is 12.7. The molecule has 1 N–H and O–H groups in total. The second-order valence-electron chi connectivity index (χ2n) is 9.49. The van der Waals surface area contributed by atoms with Gasteiger partial charge in [0, 0.05) is 56.8 Å². The minimum absolute atomic E-state index is 0.0953. The third-order valence-corrected chi connectivity index (χ3v) is 5.69. The number of carbonyl (C=O) groups excluding carboxylic acids is 1. The molecule has 0 radical (unpaired) electrons. The lowest BCUT2D eigenvalue weighted by Gasteiger charge is -2.42. The highest BCUT2D eigenvalue weighted by Crippen LogP contribution is 2.39. The number of amides is 1. The minimum Gasteiger partial charge on any atom is -0.342 e. The van der Waals surface area contributed by atoms with Gasteiger partial charge in [-0.25, -0.2) is 4.79 Å². The highest BCUT2D eigenvalue weighted by molar-refractivity contribution is 5.76. The number of aromatic nitrogens is 2. The Kier molecular flexibility index (Phi) is 5.60. The van der Waals surface area contributed by atoms with E-state index in [9.17, 15) is 14.4 Å². The Morgan fingerprint density at radius 3 is 2.67 bits per heavy atom. The average molecular weight is 377 g/mol. The van der Waals surface area contributed by atoms with Crippen molar-refractivity contribution in [2.45, 2.75) is 53.0 Å². The number of nitrogens with one attached hydrogen (secondary N) is 1. The van der Waals surface area contributed by atoms with Gasteiger partial charge in [-0.3, -0.25) is 14.6 Å². The summed E-state index contributed by atoms with van der Waals surface area (Å²) in [6.45, 7) is 12.1. The topological polar surface area (TPSA) is 78.4 Å². The number of hydrogen-bond acceptors (Lipinski definition) is 4. The lowest BCUT2D eigenvalue weighted by atomic mass is 9.78. The van der Waals surface area contributed by atoms with Crippen LogP contribution in [0.15, 0.2) is 21.9 Å². The van der Waals surface area contributed by atoms with Crippen LogP contribution in [0.3, 0.4) is 0 Å². The quantitative estimate of drug-likeness (QED) is 0.859. The van der Waals surface area contributed by atoms with Gasteiger partial charge < -0.3 is 14.4 Å². The van der Waals surface area contributed by atoms with E-state index in [0.29, 0.717) is 6.54 Å². The molecule has 1 aromatic heterocycles. The second-order valence-corrected chi connectivity index (χ2v) is 9.49. The summed E-state index contributed by atoms with van der Waals surface area (Å²) in [6, 6.07) is 1.31. The van der Waals surface area contributed by atoms with Crippen LogP contribution in [-0.2, 0) is 11.3 Å². The third kappa shape index (κ3) is 5.09. The predicted molar refractivity (Wildman–Crippen MR) is 105 cm³/mol. The Labute approximate surface area is 160 Å². The minimum atomic E-state index is -0.460. The van der Waals surface area contributed by atoms with E-state index in [1.54, 1.807) is 0 Å². The summed E-state index contributed by atoms with van der Waals surface area (Å²) in [5.74, 6) is 0.0953. The number of likely N-dealkylation sites (tertiary alicyclic amines) is 2. The molecule has 27 heavy (non-hydrogen) atoms. The standard InChI is InChI=1S/C20H32N4O3/c1-19(2,3)13-22-9-4-7-20(14-22)8-12-24(15-20)17(26)6-11-23-10-5-16(25)21-18(23)27/h5,10H,4,6-9,11-15H2,1-3H3,(H,21,25,27). The molecule has 3 heterocycles. The zero-order valence-corrected chi connectivity index (χ0v) is 16.8. The number of aromatic amines is 1. The molecular weight excluding hydrogens is 344 g/mol. The molecule has 0 aliphatic carbocycles. The van der Waals surface area contributed by atoms with E-state index in [0.717, 1.165) is 39.1 Å². The summed E-state index contributed by atoms with van der Waals surface area (Å²) in [6.07, 6.45) is 5.19. The summed E-state index contributed by atoms with van der Waals surface area (Å²) in [7, 11) is 0. The van der Waals surface area contributed by atoms with E-state index >= 15 is 0 Å². The molecule has 2 aliphatic heterocycles. The van der Waals surface area contributed by atoms with Crippen LogP contribution < -0.4 is 11.2 Å². The molecular formula is C20H32N4O3. The number of carbonyl (C=O) groups is 1. The number of hydrogen-bond donors (Lipinski definition) is 1. The molecule has 0 aromatic carbocycles. The van der Waals surface area contributed by atoms with Crippen molar-refractivity contribution in [1.29, 1.82) is 0 Å². The summed E-state index contributed by atoms with van der Waals surface area (Å²) in [5, 5.41) is 0. The Morgan fingerprint density at radius 1 is 1.19 bits per heavy atom. The Morgan fingerprint density at radius 2 is 1.96 bits per heavy atom. The monoisotopic (exact) mass is 376 g/mol. The molecule has 0 saturated carbocycles. The number of H-pyrrole nitrogens is 1. The molecule has 1 amide bonds. The van der Waals surface area contributed by atoms with E-state index in [4.69, 9.17) is 0 Å². The summed E-state index contributed by atoms with van der Waals surface area (Å²) in [5.41, 5.74) is -0.357. The second kappa shape index (κ2) is 7.62. The van der Waals surface area contributed by atoms with Crippen molar-refractivity contribution in [1.82, 2.24) is 19.4 Å². The number of rotatable bonds is 4. The third-order valence-electron chi connectivity index (χ3n) is 5.69. The molecule has 7 heteroatoms. The van der Waals surface area contributed by atoms with Crippen LogP contribution in [0, 0.1) is 10.8 Å². The first-order valence-electron chi connectivity index (χ1n) is 9.96. The maximum atomic E-state index is 12.7. The van der Waals surface area contributed by atoms with Gasteiger partial charge in [-0.2, -0.15) is 0 Å². The largest absolute Gasteiger partial charge is 0.342 e. The molecule has 2 saturated heterocycles. The molecule has 1 spiro atoms. The molecule has 2 fully saturated rings. The van der Waals surface area contributed by atoms with E-state index in [2.05, 4.69) is 30.7 Å². The van der Waals surface area contributed by atoms with Crippen molar-refractivity contribution in [2.75, 3.05) is 32.7 Å². The maximum Gasteiger partial charge on any atom is 0.328 e. The van der Waals surface area contributed by atoms with Gasteiger partial charge in [0.15, 0.2) is 0 Å². The van der Waals surface area contributed by atoms with Gasteiger partial charge in [0.05, 0.1) is 0 Å². The van der Waals surface area contributed by atoms with Crippen molar-refractivity contribution >= 4 is 5.91 Å². The SMILES string of the molecule is CC(C)(C)CN1CCCC2(CCN(C(=O)CCn3ccc(=O)[nH]c3=O)C2)C1. The zero-order valence-electron chi connectivity index (χ0n) is 16.8. The summed E-state index contributed by atoms with van der Waals surface area (Å²) < 4.78 is 1.39. The fourth-order valence-electron chi connectivity index (χ4n) is 4.59. The Bertz CT molecular complexity index is 791. The van der Waals surface area contributed by atoms with Crippen molar-refractivity contribution in [2.24, 2.45) is 10.8 Å². The lowest BCUT2D eigenvalue weighted by Crippen LogP contribution is -2.47. The van der Waals surface area contributed by atoms with Crippen LogP contribution in [0.5, 0.6) is 0 Å². The van der Waals surface area contributed by atoms with Crippen molar-refractivity contribution in [3.05, 3.63) is 33.1 Å². The van der Waals surface area contributed by atoms with Crippen LogP contribution in [0.4, 0.5) is 0 Å². The molecule has 3 rings (SSSR count). The average Bonchev–Trinajstić information content (AvgIpc) is 2.95. The number of nitrogens with zero attached hydrogens (tertiary/aromatic N) is 3. The molecule has 2 aliphatic rings. The van der Waals surface area contributed by atoms with E-state index in [1.807, 2.05) is 4.90 Å². The highest BCUT2D eigenvalue weighted by Gasteiger charge is 2.42. The van der Waals surface area contributed by atoms with Crippen LogP contribution in [-0.4, -0.2) is 58.0 Å². The number of aryl methyl sites for hydroxylation is 1. The Hall–Kier alpha value is -1.89. The lowest BCUT2D eigenvalue weighted by molar-refractivity contribution is -0.131. The van der Waals surface area contributed by atoms with Crippen LogP contribution in [0.25, 0.3) is 0 Å². The van der Waals surface area contributed by atoms with Gasteiger partial charge in [0.2, 0.25) is 5.91 Å². The van der Waals surface area contributed by atoms with Crippen LogP contribution in [0.2, 0.25) is 0 Å². The van der Waals surface area contributed by atoms with Gasteiger partial charge >= 0.3 is 5.69 Å². The van der Waals surface area contributed by atoms with Gasteiger partial charge in [-0.1, -0.05) is 20.8 Å². The van der Waals surface area contributed by atoms with E-state index in [1.165, 1.54) is 29.7 Å². The Balaban J connectivity index is 1.56. The number of piperidine rings is 1. The van der Waals surface area contributed by atoms with Crippen LogP contribution >= 0.6 is 0 Å². The fourth-order valence-corrected chi connectivity index (χ4v) is 4.59. The van der Waals surface area contributed by atoms with Gasteiger partial charge in [0.1, 0.15) is 0 Å². The summed E-state index contributed by atoms with van der Waals surface area (Å²) >= 11 is 0. The van der Waals surface area contributed by atoms with E-state index < -0.39 is 11.2 Å². The normalized spacial score (nSPS) is 23.9. The molecule has 0 bridgehead atoms. The first-order chi connectivity index (χ1) is 12.7. The highest BCUT2D eigenvalue weighted by atomic mass is 16.2. The van der Waals surface area contributed by atoms with Crippen molar-refractivity contribution < 1.29 is 4.79 Å². The van der Waals surface area contributed by atoms with Gasteiger partial charge in [-0.15, -0.1) is 0 Å². The molecule has 1 aromatic rings. The molecule has 7 nitrogen and oxygen atoms in total. The zero-order chi connectivity index (χ0) is 19.7. The molecule has 150 valence electrons. The predicted octanol–water partition coefficient (Wildman–Crippen LogP) is 1.29. The van der Waals surface area contributed by atoms with Gasteiger partial charge in [0.25, 0.3) is 5.56 Å². The first-order valence-corrected chi connectivity index (χ1v) is 9.96. The first kappa shape index (κ1) is 19.9. The smallest absolute Gasteiger partial charge is 0.328 e. The van der Waals surface area contributed by atoms with Crippen molar-refractivity contribution in [3.8, 4) is 0 Å². The summed E-state index contributed by atoms with van der Waals surface area (Å²) in [4.78, 5) is 42.3. The van der Waals surface area contributed by atoms with Crippen LogP contribution in [0.1, 0.15) is 46.5 Å². The molecule has 1 atom stereocenters. The van der Waals surface area contributed by atoms with E-state index in [-0.39, 0.29) is 23.2 Å². The van der Waals surface area contributed by atoms with Crippen molar-refractivity contribution in [3.63, 3.8) is 0 Å². The molecule has 1 unspecified atom stereocenters.